The summed E-state index contributed by atoms with van der Waals surface area (Å²) in [6.45, 7) is 3.45. The van der Waals surface area contributed by atoms with Crippen LogP contribution in [0.15, 0.2) is 54.3 Å². The predicted octanol–water partition coefficient (Wildman–Crippen LogP) is 2.71. The van der Waals surface area contributed by atoms with Crippen LogP contribution >= 0.6 is 11.3 Å². The molecule has 0 spiro atoms. The maximum atomic E-state index is 13.0. The first-order valence-electron chi connectivity index (χ1n) is 8.81. The Morgan fingerprint density at radius 1 is 1.33 bits per heavy atom. The molecule has 0 aromatic carbocycles. The van der Waals surface area contributed by atoms with Gasteiger partial charge in [0, 0.05) is 38.2 Å². The first-order chi connectivity index (χ1) is 13.1. The number of pyridine rings is 1. The summed E-state index contributed by atoms with van der Waals surface area (Å²) in [5, 5.41) is 4.92. The van der Waals surface area contributed by atoms with Crippen LogP contribution in [0.25, 0.3) is 0 Å². The number of aromatic nitrogens is 2. The smallest absolute Gasteiger partial charge is 0.271 e. The first-order valence-corrected chi connectivity index (χ1v) is 9.69. The van der Waals surface area contributed by atoms with Crippen LogP contribution in [0.4, 0.5) is 0 Å². The van der Waals surface area contributed by atoms with Crippen LogP contribution in [0.1, 0.15) is 31.3 Å². The molecule has 6 nitrogen and oxygen atoms in total. The Bertz CT molecular complexity index is 963. The van der Waals surface area contributed by atoms with Crippen molar-refractivity contribution < 1.29 is 9.59 Å². The van der Waals surface area contributed by atoms with E-state index in [0.29, 0.717) is 25.3 Å². The van der Waals surface area contributed by atoms with Gasteiger partial charge >= 0.3 is 0 Å². The molecule has 27 heavy (non-hydrogen) atoms. The van der Waals surface area contributed by atoms with Crippen molar-refractivity contribution in [2.45, 2.75) is 26.1 Å². The minimum atomic E-state index is -0.123. The van der Waals surface area contributed by atoms with Gasteiger partial charge in [0.05, 0.1) is 10.9 Å². The molecule has 1 aliphatic rings. The number of amides is 2. The van der Waals surface area contributed by atoms with E-state index in [2.05, 4.69) is 10.3 Å². The average molecular weight is 380 g/mol. The van der Waals surface area contributed by atoms with Crippen LogP contribution in [-0.2, 0) is 13.1 Å². The van der Waals surface area contributed by atoms with E-state index in [0.717, 1.165) is 16.0 Å². The summed E-state index contributed by atoms with van der Waals surface area (Å²) in [4.78, 5) is 32.2. The Morgan fingerprint density at radius 3 is 2.96 bits per heavy atom. The van der Waals surface area contributed by atoms with Crippen molar-refractivity contribution in [1.29, 1.82) is 0 Å². The molecule has 2 amide bonds. The van der Waals surface area contributed by atoms with Gasteiger partial charge in [-0.3, -0.25) is 14.6 Å². The molecule has 0 saturated heterocycles. The second-order valence-corrected chi connectivity index (χ2v) is 7.55. The lowest BCUT2D eigenvalue weighted by Crippen LogP contribution is -2.52. The number of carbonyl (C=O) groups excluding carboxylic acids is 2. The molecule has 3 aromatic heterocycles. The molecule has 4 heterocycles. The molecular formula is C20H20N4O2S. The third-order valence-corrected chi connectivity index (χ3v) is 5.82. The maximum absolute atomic E-state index is 13.0. The van der Waals surface area contributed by atoms with Crippen LogP contribution in [0.5, 0.6) is 0 Å². The standard InChI is InChI=1S/C20H20N4O2S/c1-14-6-9-27-18(14)19(25)22-11-16-13-23-8-3-5-17(23)20(26)24(16)12-15-4-2-7-21-10-15/h2-10,16H,11-13H2,1H3,(H,22,25). The molecule has 4 rings (SSSR count). The fourth-order valence-electron chi connectivity index (χ4n) is 3.37. The number of rotatable bonds is 5. The van der Waals surface area contributed by atoms with E-state index in [1.165, 1.54) is 11.3 Å². The van der Waals surface area contributed by atoms with Crippen molar-refractivity contribution in [3.05, 3.63) is 76.0 Å². The summed E-state index contributed by atoms with van der Waals surface area (Å²) in [7, 11) is 0. The number of hydrogen-bond acceptors (Lipinski definition) is 4. The Morgan fingerprint density at radius 2 is 2.22 bits per heavy atom. The van der Waals surface area contributed by atoms with Crippen molar-refractivity contribution in [3.63, 3.8) is 0 Å². The molecule has 1 unspecified atom stereocenters. The summed E-state index contributed by atoms with van der Waals surface area (Å²) in [5.74, 6) is -0.115. The Kier molecular flexibility index (Phi) is 4.77. The number of thiophene rings is 1. The number of fused-ring (bicyclic) bond motifs is 1. The zero-order chi connectivity index (χ0) is 18.8. The zero-order valence-electron chi connectivity index (χ0n) is 15.0. The molecule has 138 valence electrons. The molecule has 3 aromatic rings. The van der Waals surface area contributed by atoms with Crippen LogP contribution in [0.2, 0.25) is 0 Å². The van der Waals surface area contributed by atoms with E-state index >= 15 is 0 Å². The molecule has 0 fully saturated rings. The van der Waals surface area contributed by atoms with Crippen molar-refractivity contribution >= 4 is 23.2 Å². The molecular weight excluding hydrogens is 360 g/mol. The van der Waals surface area contributed by atoms with Gasteiger partial charge in [0.15, 0.2) is 0 Å². The fraction of sp³-hybridized carbons (Fsp3) is 0.250. The number of nitrogens with one attached hydrogen (secondary N) is 1. The molecule has 1 atom stereocenters. The third-order valence-electron chi connectivity index (χ3n) is 4.80. The fourth-order valence-corrected chi connectivity index (χ4v) is 4.21. The quantitative estimate of drug-likeness (QED) is 0.740. The zero-order valence-corrected chi connectivity index (χ0v) is 15.8. The molecule has 0 bridgehead atoms. The second kappa shape index (κ2) is 7.36. The Balaban J connectivity index is 1.54. The lowest BCUT2D eigenvalue weighted by Gasteiger charge is -2.36. The number of carbonyl (C=O) groups is 2. The Labute approximate surface area is 161 Å². The third kappa shape index (κ3) is 3.50. The largest absolute Gasteiger partial charge is 0.349 e. The SMILES string of the molecule is Cc1ccsc1C(=O)NCC1Cn2cccc2C(=O)N1Cc1cccnc1. The average Bonchev–Trinajstić information content (AvgIpc) is 3.32. The van der Waals surface area contributed by atoms with E-state index in [1.807, 2.05) is 58.3 Å². The van der Waals surface area contributed by atoms with Crippen molar-refractivity contribution in [3.8, 4) is 0 Å². The molecule has 1 aliphatic heterocycles. The maximum Gasteiger partial charge on any atom is 0.271 e. The summed E-state index contributed by atoms with van der Waals surface area (Å²) < 4.78 is 1.95. The Hall–Kier alpha value is -2.93. The highest BCUT2D eigenvalue weighted by atomic mass is 32.1. The molecule has 1 N–H and O–H groups in total. The second-order valence-electron chi connectivity index (χ2n) is 6.64. The molecule has 7 heteroatoms. The lowest BCUT2D eigenvalue weighted by molar-refractivity contribution is 0.0563. The first kappa shape index (κ1) is 17.5. The van der Waals surface area contributed by atoms with E-state index in [9.17, 15) is 9.59 Å². The van der Waals surface area contributed by atoms with Crippen LogP contribution in [0.3, 0.4) is 0 Å². The van der Waals surface area contributed by atoms with Gasteiger partial charge in [-0.2, -0.15) is 0 Å². The van der Waals surface area contributed by atoms with Gasteiger partial charge in [-0.15, -0.1) is 11.3 Å². The molecule has 0 aliphatic carbocycles. The molecule has 0 saturated carbocycles. The van der Waals surface area contributed by atoms with E-state index < -0.39 is 0 Å². The van der Waals surface area contributed by atoms with Gasteiger partial charge in [0.25, 0.3) is 11.8 Å². The van der Waals surface area contributed by atoms with Crippen LogP contribution in [0, 0.1) is 6.92 Å². The van der Waals surface area contributed by atoms with Gasteiger partial charge in [-0.05, 0) is 47.7 Å². The normalized spacial score (nSPS) is 16.3. The highest BCUT2D eigenvalue weighted by Gasteiger charge is 2.32. The lowest BCUT2D eigenvalue weighted by atomic mass is 10.1. The van der Waals surface area contributed by atoms with E-state index in [-0.39, 0.29) is 17.9 Å². The van der Waals surface area contributed by atoms with Crippen LogP contribution < -0.4 is 5.32 Å². The number of hydrogen-bond donors (Lipinski definition) is 1. The van der Waals surface area contributed by atoms with Gasteiger partial charge in [-0.25, -0.2) is 0 Å². The summed E-state index contributed by atoms with van der Waals surface area (Å²) in [6, 6.07) is 9.35. The summed E-state index contributed by atoms with van der Waals surface area (Å²) in [6.07, 6.45) is 5.40. The predicted molar refractivity (Wildman–Crippen MR) is 104 cm³/mol. The van der Waals surface area contributed by atoms with Crippen LogP contribution in [-0.4, -0.2) is 38.9 Å². The van der Waals surface area contributed by atoms with Crippen molar-refractivity contribution in [2.75, 3.05) is 6.54 Å². The van der Waals surface area contributed by atoms with Gasteiger partial charge < -0.3 is 14.8 Å². The van der Waals surface area contributed by atoms with Gasteiger partial charge in [-0.1, -0.05) is 6.07 Å². The highest BCUT2D eigenvalue weighted by Crippen LogP contribution is 2.21. The van der Waals surface area contributed by atoms with Gasteiger partial charge in [0.2, 0.25) is 0 Å². The van der Waals surface area contributed by atoms with Gasteiger partial charge in [0.1, 0.15) is 5.69 Å². The number of nitrogens with zero attached hydrogens (tertiary/aromatic N) is 3. The number of aryl methyl sites for hydroxylation is 1. The minimum Gasteiger partial charge on any atom is -0.349 e. The summed E-state index contributed by atoms with van der Waals surface area (Å²) >= 11 is 1.43. The summed E-state index contributed by atoms with van der Waals surface area (Å²) in [5.41, 5.74) is 2.61. The van der Waals surface area contributed by atoms with Crippen molar-refractivity contribution in [2.24, 2.45) is 0 Å². The monoisotopic (exact) mass is 380 g/mol. The topological polar surface area (TPSA) is 67.2 Å². The van der Waals surface area contributed by atoms with E-state index in [1.54, 1.807) is 12.4 Å². The molecule has 0 radical (unpaired) electrons. The highest BCUT2D eigenvalue weighted by molar-refractivity contribution is 7.12. The van der Waals surface area contributed by atoms with Crippen molar-refractivity contribution in [1.82, 2.24) is 19.8 Å². The minimum absolute atomic E-state index is 0.0262. The van der Waals surface area contributed by atoms with E-state index in [4.69, 9.17) is 0 Å².